The van der Waals surface area contributed by atoms with E-state index in [1.54, 1.807) is 18.2 Å². The number of ether oxygens (including phenoxy) is 2. The molecule has 0 unspecified atom stereocenters. The number of anilines is 1. The minimum Gasteiger partial charge on any atom is -0.423 e. The number of carbonyl (C=O) groups is 1. The van der Waals surface area contributed by atoms with Crippen molar-refractivity contribution in [1.82, 2.24) is 0 Å². The topological polar surface area (TPSA) is 81.9 Å². The number of nitro benzene ring substituents is 1. The van der Waals surface area contributed by atoms with Gasteiger partial charge in [-0.1, -0.05) is 6.07 Å². The van der Waals surface area contributed by atoms with E-state index >= 15 is 0 Å². The highest BCUT2D eigenvalue weighted by Crippen LogP contribution is 2.28. The smallest absolute Gasteiger partial charge is 0.345 e. The van der Waals surface area contributed by atoms with E-state index in [4.69, 9.17) is 9.47 Å². The summed E-state index contributed by atoms with van der Waals surface area (Å²) in [5.41, 5.74) is 2.75. The second-order valence-electron chi connectivity index (χ2n) is 6.19. The first-order valence-electron chi connectivity index (χ1n) is 8.36. The Morgan fingerprint density at radius 2 is 1.85 bits per heavy atom. The van der Waals surface area contributed by atoms with E-state index in [0.29, 0.717) is 37.7 Å². The van der Waals surface area contributed by atoms with Crippen molar-refractivity contribution in [2.24, 2.45) is 0 Å². The molecular weight excluding hydrogens is 336 g/mol. The number of benzene rings is 2. The molecule has 1 fully saturated rings. The van der Waals surface area contributed by atoms with Crippen LogP contribution in [0.1, 0.15) is 21.5 Å². The fourth-order valence-corrected chi connectivity index (χ4v) is 2.82. The SMILES string of the molecule is Cc1ccc(OC(=O)c2cc([N+](=O)[O-])ccc2N2CCOCC2)cc1C. The number of nitro groups is 1. The third-order valence-corrected chi connectivity index (χ3v) is 4.45. The summed E-state index contributed by atoms with van der Waals surface area (Å²) in [6, 6.07) is 9.63. The molecule has 2 aromatic rings. The lowest BCUT2D eigenvalue weighted by Gasteiger charge is -2.30. The number of nitrogens with zero attached hydrogens (tertiary/aromatic N) is 2. The lowest BCUT2D eigenvalue weighted by atomic mass is 10.1. The molecule has 0 aliphatic carbocycles. The Morgan fingerprint density at radius 1 is 1.12 bits per heavy atom. The number of non-ortho nitro benzene ring substituents is 1. The van der Waals surface area contributed by atoms with Gasteiger partial charge in [-0.2, -0.15) is 0 Å². The van der Waals surface area contributed by atoms with Crippen LogP contribution in [-0.2, 0) is 4.74 Å². The highest BCUT2D eigenvalue weighted by Gasteiger charge is 2.23. The van der Waals surface area contributed by atoms with Crippen molar-refractivity contribution in [2.45, 2.75) is 13.8 Å². The number of carbonyl (C=O) groups excluding carboxylic acids is 1. The molecule has 136 valence electrons. The Morgan fingerprint density at radius 3 is 2.50 bits per heavy atom. The van der Waals surface area contributed by atoms with E-state index < -0.39 is 10.9 Å². The van der Waals surface area contributed by atoms with Crippen molar-refractivity contribution in [2.75, 3.05) is 31.2 Å². The van der Waals surface area contributed by atoms with E-state index in [2.05, 4.69) is 0 Å². The Labute approximate surface area is 151 Å². The van der Waals surface area contributed by atoms with Gasteiger partial charge in [0.25, 0.3) is 5.69 Å². The fourth-order valence-electron chi connectivity index (χ4n) is 2.82. The monoisotopic (exact) mass is 356 g/mol. The van der Waals surface area contributed by atoms with Crippen LogP contribution in [0, 0.1) is 24.0 Å². The number of hydrogen-bond donors (Lipinski definition) is 0. The van der Waals surface area contributed by atoms with E-state index in [-0.39, 0.29) is 11.3 Å². The first-order valence-corrected chi connectivity index (χ1v) is 8.36. The zero-order chi connectivity index (χ0) is 18.7. The van der Waals surface area contributed by atoms with Crippen LogP contribution >= 0.6 is 0 Å². The first kappa shape index (κ1) is 17.9. The molecule has 0 saturated carbocycles. The van der Waals surface area contributed by atoms with Gasteiger partial charge in [0, 0.05) is 25.2 Å². The van der Waals surface area contributed by atoms with Gasteiger partial charge in [0.2, 0.25) is 0 Å². The summed E-state index contributed by atoms with van der Waals surface area (Å²) in [6.45, 7) is 6.21. The van der Waals surface area contributed by atoms with Crippen molar-refractivity contribution in [3.8, 4) is 5.75 Å². The summed E-state index contributed by atoms with van der Waals surface area (Å²) >= 11 is 0. The fraction of sp³-hybridized carbons (Fsp3) is 0.316. The molecule has 0 N–H and O–H groups in total. The molecule has 3 rings (SSSR count). The molecule has 7 nitrogen and oxygen atoms in total. The third-order valence-electron chi connectivity index (χ3n) is 4.45. The van der Waals surface area contributed by atoms with Gasteiger partial charge in [-0.25, -0.2) is 4.79 Å². The maximum Gasteiger partial charge on any atom is 0.345 e. The molecule has 2 aromatic carbocycles. The first-order chi connectivity index (χ1) is 12.5. The lowest BCUT2D eigenvalue weighted by Crippen LogP contribution is -2.37. The van der Waals surface area contributed by atoms with Gasteiger partial charge in [0.05, 0.1) is 29.4 Å². The summed E-state index contributed by atoms with van der Waals surface area (Å²) in [5, 5.41) is 11.1. The lowest BCUT2D eigenvalue weighted by molar-refractivity contribution is -0.384. The molecule has 1 aliphatic rings. The largest absolute Gasteiger partial charge is 0.423 e. The Balaban J connectivity index is 1.94. The molecule has 1 aliphatic heterocycles. The van der Waals surface area contributed by atoms with E-state index in [9.17, 15) is 14.9 Å². The molecule has 0 atom stereocenters. The maximum absolute atomic E-state index is 12.7. The maximum atomic E-state index is 12.7. The van der Waals surface area contributed by atoms with Crippen molar-refractivity contribution in [1.29, 1.82) is 0 Å². The number of aryl methyl sites for hydroxylation is 2. The molecule has 0 aromatic heterocycles. The number of esters is 1. The van der Waals surface area contributed by atoms with Gasteiger partial charge in [-0.3, -0.25) is 10.1 Å². The van der Waals surface area contributed by atoms with E-state index in [0.717, 1.165) is 11.1 Å². The number of hydrogen-bond acceptors (Lipinski definition) is 6. The van der Waals surface area contributed by atoms with E-state index in [1.165, 1.54) is 12.1 Å². The van der Waals surface area contributed by atoms with Crippen LogP contribution in [-0.4, -0.2) is 37.2 Å². The van der Waals surface area contributed by atoms with Crippen LogP contribution in [0.25, 0.3) is 0 Å². The van der Waals surface area contributed by atoms with Gasteiger partial charge in [0.1, 0.15) is 5.75 Å². The molecular formula is C19H20N2O5. The second kappa shape index (κ2) is 7.53. The highest BCUT2D eigenvalue weighted by atomic mass is 16.6. The Hall–Kier alpha value is -2.93. The quantitative estimate of drug-likeness (QED) is 0.362. The zero-order valence-electron chi connectivity index (χ0n) is 14.7. The average molecular weight is 356 g/mol. The van der Waals surface area contributed by atoms with Gasteiger partial charge >= 0.3 is 5.97 Å². The normalized spacial score (nSPS) is 14.2. The molecule has 0 bridgehead atoms. The summed E-state index contributed by atoms with van der Waals surface area (Å²) in [4.78, 5) is 25.3. The third kappa shape index (κ3) is 3.83. The average Bonchev–Trinajstić information content (AvgIpc) is 2.65. The van der Waals surface area contributed by atoms with Crippen molar-refractivity contribution < 1.29 is 19.2 Å². The Bertz CT molecular complexity index is 844. The van der Waals surface area contributed by atoms with Gasteiger partial charge < -0.3 is 14.4 Å². The molecule has 1 saturated heterocycles. The second-order valence-corrected chi connectivity index (χ2v) is 6.19. The number of morpholine rings is 1. The van der Waals surface area contributed by atoms with Crippen LogP contribution < -0.4 is 9.64 Å². The van der Waals surface area contributed by atoms with Crippen molar-refractivity contribution in [3.63, 3.8) is 0 Å². The molecule has 0 spiro atoms. The van der Waals surface area contributed by atoms with Crippen LogP contribution in [0.2, 0.25) is 0 Å². The molecule has 0 amide bonds. The highest BCUT2D eigenvalue weighted by molar-refractivity contribution is 5.98. The summed E-state index contributed by atoms with van der Waals surface area (Å²) in [6.07, 6.45) is 0. The van der Waals surface area contributed by atoms with Gasteiger partial charge in [-0.15, -0.1) is 0 Å². The predicted molar refractivity (Wildman–Crippen MR) is 97.0 cm³/mol. The summed E-state index contributed by atoms with van der Waals surface area (Å²) in [5.74, 6) is -0.198. The van der Waals surface area contributed by atoms with Crippen LogP contribution in [0.3, 0.4) is 0 Å². The minimum absolute atomic E-state index is 0.144. The molecule has 1 heterocycles. The minimum atomic E-state index is -0.613. The predicted octanol–water partition coefficient (Wildman–Crippen LogP) is 3.27. The zero-order valence-corrected chi connectivity index (χ0v) is 14.7. The van der Waals surface area contributed by atoms with Gasteiger partial charge in [0.15, 0.2) is 0 Å². The van der Waals surface area contributed by atoms with Crippen LogP contribution in [0.15, 0.2) is 36.4 Å². The van der Waals surface area contributed by atoms with E-state index in [1.807, 2.05) is 24.8 Å². The van der Waals surface area contributed by atoms with Crippen LogP contribution in [0.4, 0.5) is 11.4 Å². The van der Waals surface area contributed by atoms with Gasteiger partial charge in [-0.05, 0) is 43.2 Å². The molecule has 0 radical (unpaired) electrons. The standard InChI is InChI=1S/C19H20N2O5/c1-13-3-5-16(11-14(13)2)26-19(22)17-12-15(21(23)24)4-6-18(17)20-7-9-25-10-8-20/h3-6,11-12H,7-10H2,1-2H3. The summed E-state index contributed by atoms with van der Waals surface area (Å²) < 4.78 is 10.8. The van der Waals surface area contributed by atoms with Crippen molar-refractivity contribution in [3.05, 3.63) is 63.2 Å². The molecule has 7 heteroatoms. The van der Waals surface area contributed by atoms with Crippen molar-refractivity contribution >= 4 is 17.3 Å². The number of rotatable bonds is 4. The summed E-state index contributed by atoms with van der Waals surface area (Å²) in [7, 11) is 0. The molecule has 26 heavy (non-hydrogen) atoms. The Kier molecular flexibility index (Phi) is 5.18. The van der Waals surface area contributed by atoms with Crippen LogP contribution in [0.5, 0.6) is 5.75 Å².